The zero-order valence-electron chi connectivity index (χ0n) is 21.8. The van der Waals surface area contributed by atoms with Crippen molar-refractivity contribution in [2.75, 3.05) is 18.6 Å². The second kappa shape index (κ2) is 13.0. The third-order valence-corrected chi connectivity index (χ3v) is 6.67. The Morgan fingerprint density at radius 3 is 2.55 bits per heavy atom. The summed E-state index contributed by atoms with van der Waals surface area (Å²) in [6.45, 7) is 4.48. The maximum absolute atomic E-state index is 13.8. The molecular weight excluding hydrogens is 496 g/mol. The smallest absolute Gasteiger partial charge is 0.264 e. The molecule has 0 aliphatic rings. The van der Waals surface area contributed by atoms with Crippen LogP contribution < -0.4 is 10.3 Å². The van der Waals surface area contributed by atoms with Gasteiger partial charge in [-0.15, -0.1) is 0 Å². The third-order valence-electron chi connectivity index (χ3n) is 6.10. The molecule has 0 saturated carbocycles. The van der Waals surface area contributed by atoms with Crippen LogP contribution >= 0.6 is 11.8 Å². The summed E-state index contributed by atoms with van der Waals surface area (Å²) < 4.78 is 7.11. The summed E-state index contributed by atoms with van der Waals surface area (Å²) in [6, 6.07) is 13.4. The van der Waals surface area contributed by atoms with Gasteiger partial charge in [0.25, 0.3) is 5.56 Å². The number of thioether (sulfide) groups is 1. The van der Waals surface area contributed by atoms with Crippen molar-refractivity contribution in [2.45, 2.75) is 39.5 Å². The van der Waals surface area contributed by atoms with Crippen molar-refractivity contribution in [1.29, 1.82) is 5.26 Å². The van der Waals surface area contributed by atoms with Gasteiger partial charge in [0.2, 0.25) is 5.95 Å². The monoisotopic (exact) mass is 526 g/mol. The highest BCUT2D eigenvalue weighted by atomic mass is 32.2. The molecule has 0 aliphatic heterocycles. The zero-order chi connectivity index (χ0) is 26.9. The third kappa shape index (κ3) is 6.26. The van der Waals surface area contributed by atoms with Crippen molar-refractivity contribution < 1.29 is 4.74 Å². The van der Waals surface area contributed by atoms with Crippen LogP contribution in [0.4, 0.5) is 0 Å². The van der Waals surface area contributed by atoms with E-state index in [0.29, 0.717) is 47.8 Å². The van der Waals surface area contributed by atoms with E-state index < -0.39 is 0 Å². The normalized spacial score (nSPS) is 10.8. The summed E-state index contributed by atoms with van der Waals surface area (Å²) in [7, 11) is 0. The van der Waals surface area contributed by atoms with Crippen LogP contribution in [0, 0.1) is 18.3 Å². The number of hydrogen-bond donors (Lipinski definition) is 0. The van der Waals surface area contributed by atoms with Crippen LogP contribution in [0.1, 0.15) is 48.0 Å². The van der Waals surface area contributed by atoms with Gasteiger partial charge in [-0.05, 0) is 43.7 Å². The molecule has 3 heterocycles. The van der Waals surface area contributed by atoms with Gasteiger partial charge in [0.05, 0.1) is 42.0 Å². The van der Waals surface area contributed by atoms with Gasteiger partial charge in [0, 0.05) is 29.5 Å². The molecule has 0 aliphatic carbocycles. The van der Waals surface area contributed by atoms with Crippen LogP contribution in [0.5, 0.6) is 5.75 Å². The number of unbranched alkanes of at least 4 members (excludes halogenated alkanes) is 1. The molecule has 0 N–H and O–H groups in total. The first-order valence-electron chi connectivity index (χ1n) is 12.6. The molecule has 194 valence electrons. The number of aryl methyl sites for hydroxylation is 2. The molecule has 38 heavy (non-hydrogen) atoms. The Labute approximate surface area is 226 Å². The second-order valence-electron chi connectivity index (χ2n) is 8.77. The number of pyridine rings is 1. The molecule has 0 radical (unpaired) electrons. The molecule has 0 atom stereocenters. The summed E-state index contributed by atoms with van der Waals surface area (Å²) >= 11 is 1.70. The minimum atomic E-state index is -0.182. The SMILES string of the molecule is CCCCc1nc(C)n(-c2ncc(OCCSC)cn2)c(=O)c1Cc1ccc(-c2ccccc2C#N)nc1. The van der Waals surface area contributed by atoms with E-state index in [0.717, 1.165) is 35.4 Å². The highest BCUT2D eigenvalue weighted by Crippen LogP contribution is 2.22. The highest BCUT2D eigenvalue weighted by molar-refractivity contribution is 7.98. The first-order valence-corrected chi connectivity index (χ1v) is 13.9. The van der Waals surface area contributed by atoms with E-state index in [4.69, 9.17) is 9.72 Å². The highest BCUT2D eigenvalue weighted by Gasteiger charge is 2.18. The van der Waals surface area contributed by atoms with E-state index in [2.05, 4.69) is 27.9 Å². The summed E-state index contributed by atoms with van der Waals surface area (Å²) in [5.41, 5.74) is 4.17. The zero-order valence-corrected chi connectivity index (χ0v) is 22.7. The first kappa shape index (κ1) is 27.0. The van der Waals surface area contributed by atoms with E-state index >= 15 is 0 Å². The molecule has 0 spiro atoms. The lowest BCUT2D eigenvalue weighted by molar-refractivity contribution is 0.341. The maximum Gasteiger partial charge on any atom is 0.264 e. The van der Waals surface area contributed by atoms with Gasteiger partial charge < -0.3 is 4.74 Å². The van der Waals surface area contributed by atoms with Crippen molar-refractivity contribution in [1.82, 2.24) is 24.5 Å². The number of nitrogens with zero attached hydrogens (tertiary/aromatic N) is 6. The van der Waals surface area contributed by atoms with Crippen molar-refractivity contribution >= 4 is 11.8 Å². The minimum absolute atomic E-state index is 0.182. The number of rotatable bonds is 11. The van der Waals surface area contributed by atoms with E-state index in [1.54, 1.807) is 43.3 Å². The van der Waals surface area contributed by atoms with E-state index in [1.807, 2.05) is 36.6 Å². The quantitative estimate of drug-likeness (QED) is 0.253. The molecule has 0 saturated heterocycles. The molecule has 9 heteroatoms. The van der Waals surface area contributed by atoms with E-state index in [9.17, 15) is 10.1 Å². The fraction of sp³-hybridized carbons (Fsp3) is 0.310. The Morgan fingerprint density at radius 1 is 1.08 bits per heavy atom. The molecule has 1 aromatic carbocycles. The first-order chi connectivity index (χ1) is 18.5. The Kier molecular flexibility index (Phi) is 9.22. The molecule has 3 aromatic heterocycles. The fourth-order valence-corrected chi connectivity index (χ4v) is 4.37. The van der Waals surface area contributed by atoms with Crippen molar-refractivity contribution in [3.63, 3.8) is 0 Å². The van der Waals surface area contributed by atoms with Gasteiger partial charge in [-0.25, -0.2) is 19.5 Å². The fourth-order valence-electron chi connectivity index (χ4n) is 4.12. The van der Waals surface area contributed by atoms with E-state index in [-0.39, 0.29) is 11.5 Å². The molecule has 0 bridgehead atoms. The topological polar surface area (TPSA) is 107 Å². The molecular formula is C29H30N6O2S. The number of nitriles is 1. The van der Waals surface area contributed by atoms with Gasteiger partial charge in [0.1, 0.15) is 5.82 Å². The van der Waals surface area contributed by atoms with Crippen LogP contribution in [0.3, 0.4) is 0 Å². The largest absolute Gasteiger partial charge is 0.489 e. The lowest BCUT2D eigenvalue weighted by Gasteiger charge is -2.15. The van der Waals surface area contributed by atoms with Gasteiger partial charge in [-0.1, -0.05) is 37.6 Å². The predicted octanol–water partition coefficient (Wildman–Crippen LogP) is 4.94. The number of benzene rings is 1. The summed E-state index contributed by atoms with van der Waals surface area (Å²) in [6.07, 6.45) is 9.98. The predicted molar refractivity (Wildman–Crippen MR) is 150 cm³/mol. The maximum atomic E-state index is 13.8. The van der Waals surface area contributed by atoms with Gasteiger partial charge in [0.15, 0.2) is 5.75 Å². The average Bonchev–Trinajstić information content (AvgIpc) is 2.95. The van der Waals surface area contributed by atoms with Crippen LogP contribution in [-0.2, 0) is 12.8 Å². The minimum Gasteiger partial charge on any atom is -0.489 e. The van der Waals surface area contributed by atoms with Crippen LogP contribution in [0.15, 0.2) is 59.8 Å². The van der Waals surface area contributed by atoms with Gasteiger partial charge in [-0.3, -0.25) is 9.78 Å². The average molecular weight is 527 g/mol. The standard InChI is InChI=1S/C29H30N6O2S/c1-4-5-10-27-25(15-21-11-12-26(31-17-21)24-9-7-6-8-22(24)16-30)28(36)35(20(2)34-27)29-32-18-23(19-33-29)37-13-14-38-3/h6-9,11-12,17-19H,4-5,10,13-15H2,1-3H3. The molecule has 0 unspecified atom stereocenters. The Balaban J connectivity index is 1.67. The molecule has 8 nitrogen and oxygen atoms in total. The molecule has 4 aromatic rings. The molecule has 0 fully saturated rings. The molecule has 4 rings (SSSR count). The number of aromatic nitrogens is 5. The lowest BCUT2D eigenvalue weighted by atomic mass is 10.0. The molecule has 0 amide bonds. The summed E-state index contributed by atoms with van der Waals surface area (Å²) in [5.74, 6) is 2.24. The van der Waals surface area contributed by atoms with Crippen molar-refractivity contribution in [3.05, 3.63) is 93.6 Å². The van der Waals surface area contributed by atoms with Crippen molar-refractivity contribution in [2.24, 2.45) is 0 Å². The van der Waals surface area contributed by atoms with Crippen molar-refractivity contribution in [3.8, 4) is 29.0 Å². The van der Waals surface area contributed by atoms with Crippen LogP contribution in [-0.4, -0.2) is 43.1 Å². The van der Waals surface area contributed by atoms with Crippen LogP contribution in [0.2, 0.25) is 0 Å². The Morgan fingerprint density at radius 2 is 1.87 bits per heavy atom. The van der Waals surface area contributed by atoms with E-state index in [1.165, 1.54) is 4.57 Å². The van der Waals surface area contributed by atoms with Gasteiger partial charge >= 0.3 is 0 Å². The lowest BCUT2D eigenvalue weighted by Crippen LogP contribution is -2.29. The number of ether oxygens (including phenoxy) is 1. The van der Waals surface area contributed by atoms with Crippen LogP contribution in [0.25, 0.3) is 17.2 Å². The second-order valence-corrected chi connectivity index (χ2v) is 9.76. The Bertz CT molecular complexity index is 1480. The Hall–Kier alpha value is -4.03. The summed E-state index contributed by atoms with van der Waals surface area (Å²) in [5, 5.41) is 9.43. The van der Waals surface area contributed by atoms with Gasteiger partial charge in [-0.2, -0.15) is 17.0 Å². The summed E-state index contributed by atoms with van der Waals surface area (Å²) in [4.78, 5) is 32.0. The number of hydrogen-bond acceptors (Lipinski definition) is 8.